The highest BCUT2D eigenvalue weighted by atomic mass is 16.5. The van der Waals surface area contributed by atoms with Crippen molar-refractivity contribution in [3.8, 4) is 5.88 Å². The lowest BCUT2D eigenvalue weighted by Gasteiger charge is -2.12. The first-order valence-electron chi connectivity index (χ1n) is 6.11. The van der Waals surface area contributed by atoms with Crippen LogP contribution in [0, 0.1) is 0 Å². The molecule has 0 bridgehead atoms. The first-order valence-corrected chi connectivity index (χ1v) is 6.11. The van der Waals surface area contributed by atoms with E-state index in [1.165, 1.54) is 6.33 Å². The van der Waals surface area contributed by atoms with Crippen molar-refractivity contribution < 1.29 is 9.47 Å². The summed E-state index contributed by atoms with van der Waals surface area (Å²) in [5, 5.41) is 3.21. The third kappa shape index (κ3) is 4.19. The van der Waals surface area contributed by atoms with Gasteiger partial charge in [-0.3, -0.25) is 0 Å². The van der Waals surface area contributed by atoms with Crippen LogP contribution in [-0.4, -0.2) is 36.3 Å². The van der Waals surface area contributed by atoms with Gasteiger partial charge in [0.2, 0.25) is 5.88 Å². The van der Waals surface area contributed by atoms with Gasteiger partial charge in [-0.2, -0.15) is 0 Å². The number of hydrogen-bond donors (Lipinski definition) is 1. The van der Waals surface area contributed by atoms with Gasteiger partial charge in [-0.05, 0) is 20.3 Å². The summed E-state index contributed by atoms with van der Waals surface area (Å²) in [7, 11) is 0. The van der Waals surface area contributed by atoms with E-state index in [1.54, 1.807) is 0 Å². The Bertz CT molecular complexity index is 332. The van der Waals surface area contributed by atoms with Gasteiger partial charge >= 0.3 is 0 Å². The van der Waals surface area contributed by atoms with E-state index >= 15 is 0 Å². The second kappa shape index (κ2) is 7.84. The van der Waals surface area contributed by atoms with E-state index in [2.05, 4.69) is 22.2 Å². The molecule has 0 unspecified atom stereocenters. The van der Waals surface area contributed by atoms with Crippen LogP contribution >= 0.6 is 0 Å². The molecule has 0 spiro atoms. The van der Waals surface area contributed by atoms with Gasteiger partial charge in [0.05, 0.1) is 12.2 Å². The van der Waals surface area contributed by atoms with Crippen LogP contribution in [0.15, 0.2) is 6.33 Å². The van der Waals surface area contributed by atoms with Crippen molar-refractivity contribution in [1.82, 2.24) is 9.97 Å². The number of aromatic nitrogens is 2. The van der Waals surface area contributed by atoms with Crippen LogP contribution in [0.2, 0.25) is 0 Å². The third-order valence-electron chi connectivity index (χ3n) is 2.27. The van der Waals surface area contributed by atoms with Crippen molar-refractivity contribution in [3.63, 3.8) is 0 Å². The van der Waals surface area contributed by atoms with Crippen molar-refractivity contribution in [3.05, 3.63) is 11.9 Å². The summed E-state index contributed by atoms with van der Waals surface area (Å²) in [6.07, 6.45) is 2.36. The molecule has 0 aliphatic heterocycles. The molecule has 0 amide bonds. The van der Waals surface area contributed by atoms with E-state index in [4.69, 9.17) is 9.47 Å². The molecule has 5 nitrogen and oxygen atoms in total. The summed E-state index contributed by atoms with van der Waals surface area (Å²) >= 11 is 0. The summed E-state index contributed by atoms with van der Waals surface area (Å²) in [4.78, 5) is 8.37. The second-order valence-corrected chi connectivity index (χ2v) is 3.44. The fraction of sp³-hybridized carbons (Fsp3) is 0.667. The Balaban J connectivity index is 2.66. The molecule has 0 fully saturated rings. The van der Waals surface area contributed by atoms with E-state index in [0.29, 0.717) is 25.7 Å². The molecule has 1 aromatic heterocycles. The van der Waals surface area contributed by atoms with Crippen LogP contribution in [0.25, 0.3) is 0 Å². The highest BCUT2D eigenvalue weighted by Crippen LogP contribution is 2.22. The predicted molar refractivity (Wildman–Crippen MR) is 67.6 cm³/mol. The van der Waals surface area contributed by atoms with Crippen molar-refractivity contribution >= 4 is 5.82 Å². The highest BCUT2D eigenvalue weighted by molar-refractivity contribution is 5.48. The summed E-state index contributed by atoms with van der Waals surface area (Å²) in [6, 6.07) is 0. The standard InChI is InChI=1S/C12H21N3O2/c1-4-10-11(13-5-2)14-9-15-12(10)17-8-7-16-6-3/h9H,4-8H2,1-3H3,(H,13,14,15). The molecule has 0 aromatic carbocycles. The summed E-state index contributed by atoms with van der Waals surface area (Å²) in [5.41, 5.74) is 1.02. The largest absolute Gasteiger partial charge is 0.475 e. The molecular formula is C12H21N3O2. The molecule has 0 atom stereocenters. The van der Waals surface area contributed by atoms with Crippen LogP contribution in [0.4, 0.5) is 5.82 Å². The van der Waals surface area contributed by atoms with Gasteiger partial charge in [-0.15, -0.1) is 0 Å². The van der Waals surface area contributed by atoms with Gasteiger partial charge in [0, 0.05) is 13.2 Å². The molecule has 96 valence electrons. The quantitative estimate of drug-likeness (QED) is 0.702. The zero-order chi connectivity index (χ0) is 12.5. The number of anilines is 1. The average molecular weight is 239 g/mol. The minimum absolute atomic E-state index is 0.517. The molecule has 0 aliphatic carbocycles. The summed E-state index contributed by atoms with van der Waals surface area (Å²) in [6.45, 7) is 8.71. The Morgan fingerprint density at radius 3 is 2.65 bits per heavy atom. The van der Waals surface area contributed by atoms with Crippen LogP contribution in [0.5, 0.6) is 5.88 Å². The molecular weight excluding hydrogens is 218 g/mol. The monoisotopic (exact) mass is 239 g/mol. The molecule has 0 saturated heterocycles. The number of hydrogen-bond acceptors (Lipinski definition) is 5. The average Bonchev–Trinajstić information content (AvgIpc) is 2.35. The Morgan fingerprint density at radius 2 is 2.00 bits per heavy atom. The zero-order valence-electron chi connectivity index (χ0n) is 10.8. The van der Waals surface area contributed by atoms with Gasteiger partial charge in [0.15, 0.2) is 0 Å². The lowest BCUT2D eigenvalue weighted by molar-refractivity contribution is 0.108. The van der Waals surface area contributed by atoms with Gasteiger partial charge in [-0.1, -0.05) is 6.92 Å². The minimum Gasteiger partial charge on any atom is -0.475 e. The molecule has 1 aromatic rings. The fourth-order valence-corrected chi connectivity index (χ4v) is 1.50. The second-order valence-electron chi connectivity index (χ2n) is 3.44. The Morgan fingerprint density at radius 1 is 1.18 bits per heavy atom. The van der Waals surface area contributed by atoms with E-state index in [-0.39, 0.29) is 0 Å². The zero-order valence-corrected chi connectivity index (χ0v) is 10.8. The van der Waals surface area contributed by atoms with Crippen LogP contribution < -0.4 is 10.1 Å². The number of nitrogens with zero attached hydrogens (tertiary/aromatic N) is 2. The first-order chi connectivity index (χ1) is 8.33. The molecule has 17 heavy (non-hydrogen) atoms. The predicted octanol–water partition coefficient (Wildman–Crippen LogP) is 1.89. The molecule has 1 rings (SSSR count). The third-order valence-corrected chi connectivity index (χ3v) is 2.27. The molecule has 1 heterocycles. The maximum absolute atomic E-state index is 5.60. The summed E-state index contributed by atoms with van der Waals surface area (Å²) in [5.74, 6) is 1.51. The van der Waals surface area contributed by atoms with Crippen molar-refractivity contribution in [2.24, 2.45) is 0 Å². The van der Waals surface area contributed by atoms with Gasteiger partial charge in [0.25, 0.3) is 0 Å². The molecule has 0 aliphatic rings. The van der Waals surface area contributed by atoms with E-state index in [0.717, 1.165) is 24.3 Å². The van der Waals surface area contributed by atoms with Gasteiger partial charge in [0.1, 0.15) is 18.8 Å². The lowest BCUT2D eigenvalue weighted by atomic mass is 10.2. The number of ether oxygens (including phenoxy) is 2. The normalized spacial score (nSPS) is 10.3. The minimum atomic E-state index is 0.517. The van der Waals surface area contributed by atoms with Crippen molar-refractivity contribution in [2.75, 3.05) is 31.7 Å². The SMILES string of the molecule is CCNc1ncnc(OCCOCC)c1CC. The Labute approximate surface area is 103 Å². The maximum atomic E-state index is 5.60. The molecule has 0 saturated carbocycles. The van der Waals surface area contributed by atoms with E-state index < -0.39 is 0 Å². The van der Waals surface area contributed by atoms with Crippen molar-refractivity contribution in [2.45, 2.75) is 27.2 Å². The van der Waals surface area contributed by atoms with Gasteiger partial charge in [-0.25, -0.2) is 9.97 Å². The summed E-state index contributed by atoms with van der Waals surface area (Å²) < 4.78 is 10.8. The van der Waals surface area contributed by atoms with Crippen LogP contribution in [0.3, 0.4) is 0 Å². The van der Waals surface area contributed by atoms with Crippen LogP contribution in [0.1, 0.15) is 26.3 Å². The molecule has 1 N–H and O–H groups in total. The number of rotatable bonds is 8. The number of nitrogens with one attached hydrogen (secondary N) is 1. The molecule has 5 heteroatoms. The van der Waals surface area contributed by atoms with Gasteiger partial charge < -0.3 is 14.8 Å². The van der Waals surface area contributed by atoms with E-state index in [1.807, 2.05) is 13.8 Å². The highest BCUT2D eigenvalue weighted by Gasteiger charge is 2.09. The smallest absolute Gasteiger partial charge is 0.221 e. The molecule has 0 radical (unpaired) electrons. The Hall–Kier alpha value is -1.36. The van der Waals surface area contributed by atoms with E-state index in [9.17, 15) is 0 Å². The van der Waals surface area contributed by atoms with Crippen LogP contribution in [-0.2, 0) is 11.2 Å². The first kappa shape index (κ1) is 13.7. The fourth-order valence-electron chi connectivity index (χ4n) is 1.50. The van der Waals surface area contributed by atoms with Crippen molar-refractivity contribution in [1.29, 1.82) is 0 Å². The Kier molecular flexibility index (Phi) is 6.32. The topological polar surface area (TPSA) is 56.3 Å². The lowest BCUT2D eigenvalue weighted by Crippen LogP contribution is -2.11. The maximum Gasteiger partial charge on any atom is 0.221 e.